The molecule has 3 atom stereocenters. The normalized spacial score (nSPS) is 24.3. The van der Waals surface area contributed by atoms with Gasteiger partial charge in [-0.15, -0.1) is 0 Å². The highest BCUT2D eigenvalue weighted by Crippen LogP contribution is 2.56. The average molecular weight is 930 g/mol. The van der Waals surface area contributed by atoms with E-state index >= 15 is 9.18 Å². The Morgan fingerprint density at radius 3 is 2.31 bits per heavy atom. The molecule has 3 aliphatic heterocycles. The maximum absolute atomic E-state index is 15.5. The zero-order valence-electron chi connectivity index (χ0n) is 37.8. The molecule has 348 valence electrons. The Morgan fingerprint density at radius 1 is 0.940 bits per heavy atom. The Morgan fingerprint density at radius 2 is 1.64 bits per heavy atom. The molecule has 7 aromatic rings. The van der Waals surface area contributed by atoms with Gasteiger partial charge in [0.25, 0.3) is 5.91 Å². The van der Waals surface area contributed by atoms with Gasteiger partial charge in [0.15, 0.2) is 5.82 Å². The van der Waals surface area contributed by atoms with Crippen LogP contribution in [0, 0.1) is 30.4 Å². The topological polar surface area (TPSA) is 188 Å². The van der Waals surface area contributed by atoms with E-state index in [1.165, 1.54) is 14.7 Å². The van der Waals surface area contributed by atoms with Gasteiger partial charge >= 0.3 is 11.4 Å². The van der Waals surface area contributed by atoms with Crippen molar-refractivity contribution in [3.05, 3.63) is 139 Å². The summed E-state index contributed by atoms with van der Waals surface area (Å²) in [7, 11) is -2.54. The van der Waals surface area contributed by atoms with Gasteiger partial charge in [0, 0.05) is 76.3 Å². The number of imidazole rings is 1. The van der Waals surface area contributed by atoms with Crippen LogP contribution >= 0.6 is 0 Å². The SMILES string of the molecule is Cc1cc(-n2nc3c(c2-n2ccn(-c4ccc(OC5CCS(=N)(=O)CC5)cc4)c2=O)[C@H](C)N(C(=O)c2cc4cc(C5CCOCC5)ccc4n2[C@@]2(c4noc(=O)[nH]4)C[C@@H]2C)CC3)cc(C)c1F. The van der Waals surface area contributed by atoms with Crippen molar-refractivity contribution in [3.63, 3.8) is 0 Å². The molecule has 18 heteroatoms. The summed E-state index contributed by atoms with van der Waals surface area (Å²) in [6, 6.07) is 18.4. The number of aromatic amines is 1. The highest BCUT2D eigenvalue weighted by Gasteiger charge is 2.59. The van der Waals surface area contributed by atoms with Crippen LogP contribution < -0.4 is 16.2 Å². The number of aryl methyl sites for hydroxylation is 2. The predicted molar refractivity (Wildman–Crippen MR) is 248 cm³/mol. The number of fused-ring (bicyclic) bond motifs is 2. The van der Waals surface area contributed by atoms with Crippen molar-refractivity contribution in [2.75, 3.05) is 31.3 Å². The van der Waals surface area contributed by atoms with Gasteiger partial charge in [0.1, 0.15) is 34.7 Å². The molecular weight excluding hydrogens is 878 g/mol. The van der Waals surface area contributed by atoms with E-state index in [1.54, 1.807) is 67.3 Å². The number of rotatable bonds is 9. The monoisotopic (exact) mass is 929 g/mol. The van der Waals surface area contributed by atoms with Crippen molar-refractivity contribution in [1.29, 1.82) is 4.78 Å². The van der Waals surface area contributed by atoms with E-state index in [0.717, 1.165) is 23.7 Å². The molecule has 0 spiro atoms. The van der Waals surface area contributed by atoms with Gasteiger partial charge in [-0.3, -0.25) is 28.2 Å². The number of amides is 1. The number of carbonyl (C=O) groups is 1. The molecule has 4 aliphatic rings. The molecule has 2 N–H and O–H groups in total. The third-order valence-corrected chi connectivity index (χ3v) is 16.4. The molecule has 2 saturated heterocycles. The fraction of sp³-hybridized carbons (Fsp3) is 0.408. The third-order valence-electron chi connectivity index (χ3n) is 14.6. The van der Waals surface area contributed by atoms with Crippen molar-refractivity contribution in [2.24, 2.45) is 5.92 Å². The zero-order chi connectivity index (χ0) is 46.5. The van der Waals surface area contributed by atoms with Crippen LogP contribution in [0.2, 0.25) is 0 Å². The van der Waals surface area contributed by atoms with Gasteiger partial charge in [0.2, 0.25) is 0 Å². The van der Waals surface area contributed by atoms with Gasteiger partial charge in [0.05, 0.1) is 23.1 Å². The average Bonchev–Trinajstić information content (AvgIpc) is 3.81. The van der Waals surface area contributed by atoms with Gasteiger partial charge in [-0.25, -0.2) is 22.9 Å². The fourth-order valence-electron chi connectivity index (χ4n) is 10.8. The number of nitrogens with one attached hydrogen (secondary N) is 2. The standard InChI is InChI=1S/C49H52FN9O7S/c1-28-23-36(24-29(2)43(28)50)59-44(57-18-17-56(48(57)62)35-6-8-37(9-7-35)65-38-14-21-67(51,63)22-15-38)42-31(4)55(16-11-39(42)53-59)45(60)41-26-34-25-33(32-12-19-64-20-13-32)5-10-40(34)58(41)49(27-30(49)3)46-52-47(61)66-54-46/h5-10,17-18,23-26,30-32,38,51H,11-16,19-22,27H2,1-4H3,(H,52,54,61)/t30-,31-,38?,49-,67?/m0/s1. The lowest BCUT2D eigenvalue weighted by molar-refractivity contribution is 0.0663. The molecule has 0 radical (unpaired) electrons. The molecular formula is C49H52FN9O7S. The summed E-state index contributed by atoms with van der Waals surface area (Å²) >= 11 is 0. The van der Waals surface area contributed by atoms with Crippen LogP contribution in [-0.2, 0) is 26.4 Å². The molecule has 3 fully saturated rings. The number of ether oxygens (including phenoxy) is 2. The van der Waals surface area contributed by atoms with Crippen molar-refractivity contribution < 1.29 is 27.4 Å². The second kappa shape index (κ2) is 16.1. The Labute approximate surface area is 385 Å². The number of aromatic nitrogens is 7. The van der Waals surface area contributed by atoms with Gasteiger partial charge in [-0.1, -0.05) is 18.1 Å². The molecule has 0 bridgehead atoms. The Kier molecular flexibility index (Phi) is 10.3. The molecule has 1 saturated carbocycles. The minimum Gasteiger partial charge on any atom is -0.490 e. The summed E-state index contributed by atoms with van der Waals surface area (Å²) in [6.45, 7) is 9.14. The van der Waals surface area contributed by atoms with Gasteiger partial charge in [-0.05, 0) is 136 Å². The van der Waals surface area contributed by atoms with Crippen LogP contribution in [0.1, 0.15) is 102 Å². The van der Waals surface area contributed by atoms with Crippen LogP contribution in [0.25, 0.3) is 28.1 Å². The van der Waals surface area contributed by atoms with Crippen molar-refractivity contribution in [1.82, 2.24) is 38.5 Å². The Balaban J connectivity index is 0.996. The molecule has 11 rings (SSSR count). The molecule has 1 aliphatic carbocycles. The van der Waals surface area contributed by atoms with Crippen LogP contribution in [0.4, 0.5) is 4.39 Å². The van der Waals surface area contributed by atoms with Gasteiger partial charge < -0.3 is 18.9 Å². The number of hydrogen-bond acceptors (Lipinski definition) is 10. The molecule has 4 aromatic heterocycles. The molecule has 1 amide bonds. The van der Waals surface area contributed by atoms with Crippen LogP contribution in [0.5, 0.6) is 5.75 Å². The summed E-state index contributed by atoms with van der Waals surface area (Å²) in [6.07, 6.45) is 7.16. The van der Waals surface area contributed by atoms with Crippen LogP contribution in [-0.4, -0.2) is 86.0 Å². The van der Waals surface area contributed by atoms with Crippen LogP contribution in [0.15, 0.2) is 87.2 Å². The van der Waals surface area contributed by atoms with Gasteiger partial charge in [-0.2, -0.15) is 5.10 Å². The number of halogens is 1. The van der Waals surface area contributed by atoms with E-state index in [2.05, 4.69) is 35.3 Å². The number of benzene rings is 3. The molecule has 67 heavy (non-hydrogen) atoms. The van der Waals surface area contributed by atoms with Crippen molar-refractivity contribution in [2.45, 2.75) is 89.8 Å². The first kappa shape index (κ1) is 43.1. The predicted octanol–water partition coefficient (Wildman–Crippen LogP) is 7.23. The Bertz CT molecular complexity index is 3300. The minimum absolute atomic E-state index is 0.0190. The summed E-state index contributed by atoms with van der Waals surface area (Å²) in [5.41, 5.74) is 4.68. The maximum Gasteiger partial charge on any atom is 0.438 e. The third kappa shape index (κ3) is 7.26. The van der Waals surface area contributed by atoms with E-state index in [0.29, 0.717) is 120 Å². The molecule has 3 aromatic carbocycles. The molecule has 16 nitrogen and oxygen atoms in total. The summed E-state index contributed by atoms with van der Waals surface area (Å²) in [5, 5.41) is 10.2. The van der Waals surface area contributed by atoms with Crippen LogP contribution in [0.3, 0.4) is 0 Å². The van der Waals surface area contributed by atoms with E-state index in [1.807, 2.05) is 22.5 Å². The lowest BCUT2D eigenvalue weighted by Crippen LogP contribution is -2.41. The summed E-state index contributed by atoms with van der Waals surface area (Å²) in [5.74, 6) is 1.18. The second-order valence-electron chi connectivity index (χ2n) is 18.8. The van der Waals surface area contributed by atoms with E-state index in [4.69, 9.17) is 23.9 Å². The maximum atomic E-state index is 15.5. The fourth-order valence-corrected chi connectivity index (χ4v) is 12.3. The highest BCUT2D eigenvalue weighted by molar-refractivity contribution is 7.92. The smallest absolute Gasteiger partial charge is 0.438 e. The summed E-state index contributed by atoms with van der Waals surface area (Å²) in [4.78, 5) is 47.3. The lowest BCUT2D eigenvalue weighted by atomic mass is 9.91. The highest BCUT2D eigenvalue weighted by atomic mass is 32.2. The van der Waals surface area contributed by atoms with E-state index in [9.17, 15) is 13.8 Å². The first-order valence-electron chi connectivity index (χ1n) is 23.0. The molecule has 7 heterocycles. The first-order chi connectivity index (χ1) is 32.2. The number of nitrogens with zero attached hydrogens (tertiary/aromatic N) is 7. The number of H-pyrrole nitrogens is 1. The molecule has 0 unspecified atom stereocenters. The lowest BCUT2D eigenvalue weighted by Gasteiger charge is -2.34. The van der Waals surface area contributed by atoms with E-state index < -0.39 is 27.1 Å². The quantitative estimate of drug-likeness (QED) is 0.151. The first-order valence-corrected chi connectivity index (χ1v) is 24.9. The number of carbonyl (C=O) groups excluding carboxylic acids is 1. The largest absolute Gasteiger partial charge is 0.490 e. The summed E-state index contributed by atoms with van der Waals surface area (Å²) < 4.78 is 58.9. The minimum atomic E-state index is -2.54. The Hall–Kier alpha value is -6.53. The number of hydrogen-bond donors (Lipinski definition) is 2. The van der Waals surface area contributed by atoms with E-state index in [-0.39, 0.29) is 29.4 Å². The van der Waals surface area contributed by atoms with Crippen molar-refractivity contribution >= 4 is 26.5 Å². The second-order valence-corrected chi connectivity index (χ2v) is 21.2. The zero-order valence-corrected chi connectivity index (χ0v) is 38.6. The van der Waals surface area contributed by atoms with Crippen molar-refractivity contribution in [3.8, 4) is 22.9 Å².